The highest BCUT2D eigenvalue weighted by Crippen LogP contribution is 2.29. The van der Waals surface area contributed by atoms with Gasteiger partial charge < -0.3 is 5.73 Å². The van der Waals surface area contributed by atoms with Crippen LogP contribution in [0.1, 0.15) is 63.6 Å². The van der Waals surface area contributed by atoms with Gasteiger partial charge in [-0.2, -0.15) is 0 Å². The fourth-order valence-electron chi connectivity index (χ4n) is 2.68. The second-order valence-corrected chi connectivity index (χ2v) is 7.59. The van der Waals surface area contributed by atoms with Gasteiger partial charge >= 0.3 is 0 Å². The van der Waals surface area contributed by atoms with Crippen LogP contribution in [0.25, 0.3) is 0 Å². The number of nitrogens with two attached hydrogens (primary N) is 1. The lowest BCUT2D eigenvalue weighted by molar-refractivity contribution is 0.303. The van der Waals surface area contributed by atoms with Crippen LogP contribution >= 0.6 is 11.3 Å². The quantitative estimate of drug-likeness (QED) is 0.901. The molecule has 1 heterocycles. The van der Waals surface area contributed by atoms with Crippen LogP contribution in [0.5, 0.6) is 0 Å². The van der Waals surface area contributed by atoms with Crippen LogP contribution in [0.15, 0.2) is 5.38 Å². The summed E-state index contributed by atoms with van der Waals surface area (Å²) in [5.41, 5.74) is 7.73. The third kappa shape index (κ3) is 3.55. The summed E-state index contributed by atoms with van der Waals surface area (Å²) >= 11 is 1.78. The molecule has 1 aromatic rings. The minimum Gasteiger partial charge on any atom is -0.327 e. The smallest absolute Gasteiger partial charge is 0.0944 e. The van der Waals surface area contributed by atoms with Gasteiger partial charge in [0.05, 0.1) is 10.7 Å². The van der Waals surface area contributed by atoms with Gasteiger partial charge in [-0.15, -0.1) is 11.3 Å². The van der Waals surface area contributed by atoms with E-state index in [4.69, 9.17) is 10.7 Å². The van der Waals surface area contributed by atoms with Gasteiger partial charge in [0.2, 0.25) is 0 Å². The molecule has 0 amide bonds. The van der Waals surface area contributed by atoms with Crippen molar-refractivity contribution < 1.29 is 0 Å². The van der Waals surface area contributed by atoms with Gasteiger partial charge in [-0.25, -0.2) is 4.98 Å². The number of rotatable bonds is 3. The summed E-state index contributed by atoms with van der Waals surface area (Å²) in [6, 6.07) is 0.310. The Hall–Kier alpha value is -0.410. The third-order valence-corrected chi connectivity index (χ3v) is 4.86. The van der Waals surface area contributed by atoms with Crippen LogP contribution in [0, 0.1) is 5.92 Å². The van der Waals surface area contributed by atoms with Gasteiger partial charge in [-0.3, -0.25) is 0 Å². The monoisotopic (exact) mass is 266 g/mol. The highest BCUT2D eigenvalue weighted by Gasteiger charge is 2.23. The molecule has 2 nitrogen and oxygen atoms in total. The standard InChI is InChI=1S/C15H26N2S/c1-15(2,3)13-10-18-14(17-13)9-12(16)11-7-5-4-6-8-11/h10-12H,4-9,16H2,1-3H3. The SMILES string of the molecule is CC(C)(C)c1csc(CC(N)C2CCCCC2)n1. The van der Waals surface area contributed by atoms with Crippen molar-refractivity contribution in [2.75, 3.05) is 0 Å². The van der Waals surface area contributed by atoms with E-state index in [1.807, 2.05) is 0 Å². The van der Waals surface area contributed by atoms with E-state index < -0.39 is 0 Å². The molecule has 1 saturated carbocycles. The molecular weight excluding hydrogens is 240 g/mol. The Kier molecular flexibility index (Phi) is 4.44. The van der Waals surface area contributed by atoms with E-state index in [-0.39, 0.29) is 5.41 Å². The number of hydrogen-bond acceptors (Lipinski definition) is 3. The normalized spacial score (nSPS) is 20.0. The zero-order valence-corrected chi connectivity index (χ0v) is 12.7. The van der Waals surface area contributed by atoms with Crippen molar-refractivity contribution in [1.29, 1.82) is 0 Å². The van der Waals surface area contributed by atoms with Gasteiger partial charge in [0.15, 0.2) is 0 Å². The third-order valence-electron chi connectivity index (χ3n) is 3.99. The van der Waals surface area contributed by atoms with E-state index in [0.29, 0.717) is 6.04 Å². The van der Waals surface area contributed by atoms with Crippen LogP contribution < -0.4 is 5.73 Å². The summed E-state index contributed by atoms with van der Waals surface area (Å²) in [5, 5.41) is 3.42. The average Bonchev–Trinajstić information content (AvgIpc) is 2.78. The van der Waals surface area contributed by atoms with E-state index in [0.717, 1.165) is 12.3 Å². The summed E-state index contributed by atoms with van der Waals surface area (Å²) in [6.07, 6.45) is 7.73. The van der Waals surface area contributed by atoms with E-state index in [1.54, 1.807) is 11.3 Å². The molecule has 1 aliphatic rings. The minimum atomic E-state index is 0.156. The van der Waals surface area contributed by atoms with Crippen LogP contribution in [-0.2, 0) is 11.8 Å². The van der Waals surface area contributed by atoms with E-state index >= 15 is 0 Å². The molecule has 0 saturated heterocycles. The molecule has 3 heteroatoms. The maximum Gasteiger partial charge on any atom is 0.0944 e. The van der Waals surface area contributed by atoms with Crippen LogP contribution in [0.2, 0.25) is 0 Å². The predicted octanol–water partition coefficient (Wildman–Crippen LogP) is 3.89. The van der Waals surface area contributed by atoms with Crippen LogP contribution in [-0.4, -0.2) is 11.0 Å². The Bertz CT molecular complexity index is 372. The van der Waals surface area contributed by atoms with Gasteiger partial charge in [0, 0.05) is 23.3 Å². The fraction of sp³-hybridized carbons (Fsp3) is 0.800. The molecule has 1 aromatic heterocycles. The predicted molar refractivity (Wildman–Crippen MR) is 79.1 cm³/mol. The zero-order valence-electron chi connectivity index (χ0n) is 11.9. The summed E-state index contributed by atoms with van der Waals surface area (Å²) < 4.78 is 0. The van der Waals surface area contributed by atoms with Gasteiger partial charge in [0.1, 0.15) is 0 Å². The molecule has 0 aliphatic heterocycles. The maximum atomic E-state index is 6.37. The lowest BCUT2D eigenvalue weighted by Gasteiger charge is -2.26. The highest BCUT2D eigenvalue weighted by atomic mass is 32.1. The average molecular weight is 266 g/mol. The Balaban J connectivity index is 1.94. The summed E-state index contributed by atoms with van der Waals surface area (Å²) in [5.74, 6) is 0.723. The fourth-order valence-corrected chi connectivity index (χ4v) is 3.77. The largest absolute Gasteiger partial charge is 0.327 e. The molecule has 1 atom stereocenters. The number of nitrogens with zero attached hydrogens (tertiary/aromatic N) is 1. The maximum absolute atomic E-state index is 6.37. The Morgan fingerprint density at radius 1 is 1.33 bits per heavy atom. The van der Waals surface area contributed by atoms with Crippen molar-refractivity contribution in [2.45, 2.75) is 70.8 Å². The first-order valence-corrected chi connectivity index (χ1v) is 8.05. The number of hydrogen-bond donors (Lipinski definition) is 1. The second-order valence-electron chi connectivity index (χ2n) is 6.64. The Labute approximate surface area is 115 Å². The molecule has 1 fully saturated rings. The molecule has 18 heavy (non-hydrogen) atoms. The molecule has 0 spiro atoms. The molecule has 0 radical (unpaired) electrons. The van der Waals surface area contributed by atoms with Crippen molar-refractivity contribution in [2.24, 2.45) is 11.7 Å². The lowest BCUT2D eigenvalue weighted by atomic mass is 9.83. The Morgan fingerprint density at radius 3 is 2.56 bits per heavy atom. The summed E-state index contributed by atoms with van der Waals surface area (Å²) in [4.78, 5) is 4.75. The molecule has 102 valence electrons. The summed E-state index contributed by atoms with van der Waals surface area (Å²) in [6.45, 7) is 6.65. The first-order chi connectivity index (χ1) is 8.47. The van der Waals surface area contributed by atoms with Gasteiger partial charge in [0.25, 0.3) is 0 Å². The number of aromatic nitrogens is 1. The molecule has 1 unspecified atom stereocenters. The molecule has 0 aromatic carbocycles. The minimum absolute atomic E-state index is 0.156. The van der Waals surface area contributed by atoms with Crippen molar-refractivity contribution in [3.63, 3.8) is 0 Å². The van der Waals surface area contributed by atoms with Crippen LogP contribution in [0.3, 0.4) is 0 Å². The van der Waals surface area contributed by atoms with Crippen molar-refractivity contribution in [3.8, 4) is 0 Å². The topological polar surface area (TPSA) is 38.9 Å². The highest BCUT2D eigenvalue weighted by molar-refractivity contribution is 7.09. The lowest BCUT2D eigenvalue weighted by Crippen LogP contribution is -2.33. The van der Waals surface area contributed by atoms with E-state index in [9.17, 15) is 0 Å². The zero-order chi connectivity index (χ0) is 13.2. The van der Waals surface area contributed by atoms with Gasteiger partial charge in [-0.05, 0) is 18.8 Å². The second kappa shape index (κ2) is 5.70. The molecule has 0 bridgehead atoms. The molecule has 2 rings (SSSR count). The van der Waals surface area contributed by atoms with Crippen molar-refractivity contribution in [3.05, 3.63) is 16.1 Å². The molecule has 1 aliphatic carbocycles. The Morgan fingerprint density at radius 2 is 2.00 bits per heavy atom. The van der Waals surface area contributed by atoms with Gasteiger partial charge in [-0.1, -0.05) is 40.0 Å². The molecule has 2 N–H and O–H groups in total. The van der Waals surface area contributed by atoms with E-state index in [2.05, 4.69) is 26.2 Å². The first-order valence-electron chi connectivity index (χ1n) is 7.17. The first kappa shape index (κ1) is 14.0. The number of thiazole rings is 1. The van der Waals surface area contributed by atoms with E-state index in [1.165, 1.54) is 42.8 Å². The van der Waals surface area contributed by atoms with Crippen LogP contribution in [0.4, 0.5) is 0 Å². The van der Waals surface area contributed by atoms with Crippen molar-refractivity contribution in [1.82, 2.24) is 4.98 Å². The summed E-state index contributed by atoms with van der Waals surface area (Å²) in [7, 11) is 0. The van der Waals surface area contributed by atoms with Crippen molar-refractivity contribution >= 4 is 11.3 Å². The molecular formula is C15H26N2S.